The van der Waals surface area contributed by atoms with Crippen molar-refractivity contribution in [3.05, 3.63) is 30.3 Å². The summed E-state index contributed by atoms with van der Waals surface area (Å²) in [7, 11) is -0.404. The number of rotatable bonds is 13. The maximum atomic E-state index is 2.41. The van der Waals surface area contributed by atoms with Crippen LogP contribution in [0.15, 0.2) is 30.3 Å². The Morgan fingerprint density at radius 2 is 1.22 bits per heavy atom. The first kappa shape index (κ1) is 20.5. The van der Waals surface area contributed by atoms with Crippen molar-refractivity contribution in [1.29, 1.82) is 0 Å². The fourth-order valence-electron chi connectivity index (χ4n) is 3.58. The number of benzene rings is 1. The van der Waals surface area contributed by atoms with Gasteiger partial charge in [0.25, 0.3) is 0 Å². The van der Waals surface area contributed by atoms with Crippen molar-refractivity contribution >= 4 is 14.0 Å². The molecule has 1 aromatic carbocycles. The molecule has 0 aliphatic heterocycles. The number of unbranched alkanes of at least 4 members (excludes halogenated alkanes) is 2. The van der Waals surface area contributed by atoms with E-state index < -0.39 is 8.80 Å². The van der Waals surface area contributed by atoms with Gasteiger partial charge in [0.1, 0.15) is 0 Å². The van der Waals surface area contributed by atoms with E-state index in [-0.39, 0.29) is 0 Å². The minimum absolute atomic E-state index is 0.404. The smallest absolute Gasteiger partial charge is 0.0654 e. The first-order valence-corrected chi connectivity index (χ1v) is 12.1. The first-order valence-electron chi connectivity index (χ1n) is 10.1. The van der Waals surface area contributed by atoms with Crippen LogP contribution in [0.3, 0.4) is 0 Å². The molecule has 0 nitrogen and oxygen atoms in total. The summed E-state index contributed by atoms with van der Waals surface area (Å²) in [6.45, 7) is 9.46. The first-order chi connectivity index (χ1) is 11.2. The maximum absolute atomic E-state index is 2.41. The van der Waals surface area contributed by atoms with Crippen LogP contribution in [0.1, 0.15) is 79.1 Å². The average molecular weight is 332 g/mol. The molecule has 23 heavy (non-hydrogen) atoms. The summed E-state index contributed by atoms with van der Waals surface area (Å²) in [6, 6.07) is 14.5. The van der Waals surface area contributed by atoms with Crippen LogP contribution in [-0.4, -0.2) is 8.80 Å². The third kappa shape index (κ3) is 8.19. The highest BCUT2D eigenvalue weighted by Gasteiger charge is 2.22. The van der Waals surface area contributed by atoms with E-state index >= 15 is 0 Å². The second-order valence-corrected chi connectivity index (χ2v) is 9.81. The molecule has 0 aliphatic carbocycles. The van der Waals surface area contributed by atoms with E-state index in [2.05, 4.69) is 58.0 Å². The molecule has 0 bridgehead atoms. The molecule has 0 spiro atoms. The van der Waals surface area contributed by atoms with Crippen LogP contribution in [-0.2, 0) is 0 Å². The second kappa shape index (κ2) is 12.8. The molecule has 0 saturated heterocycles. The lowest BCUT2D eigenvalue weighted by Crippen LogP contribution is -2.34. The predicted molar refractivity (Wildman–Crippen MR) is 108 cm³/mol. The number of hydrogen-bond donors (Lipinski definition) is 0. The minimum atomic E-state index is -0.404. The lowest BCUT2D eigenvalue weighted by atomic mass is 10.0. The standard InChI is InChI=1S/C22H39Si/c1-5-9-14-20(7-3)18-23(22-16-12-11-13-17-22)19-21(8-4)15-10-6-2/h11-13,16-17,20-21H,5-10,14-15,18-19H2,1-4H3. The largest absolute Gasteiger partial charge is 0.0862 e. The molecule has 2 atom stereocenters. The van der Waals surface area contributed by atoms with Gasteiger partial charge in [-0.15, -0.1) is 0 Å². The van der Waals surface area contributed by atoms with E-state index in [1.807, 2.05) is 0 Å². The van der Waals surface area contributed by atoms with Gasteiger partial charge in [-0.25, -0.2) is 0 Å². The third-order valence-electron chi connectivity index (χ3n) is 5.34. The zero-order chi connectivity index (χ0) is 16.9. The van der Waals surface area contributed by atoms with E-state index in [0.717, 1.165) is 11.8 Å². The van der Waals surface area contributed by atoms with Crippen molar-refractivity contribution in [2.75, 3.05) is 0 Å². The molecule has 131 valence electrons. The van der Waals surface area contributed by atoms with E-state index in [4.69, 9.17) is 0 Å². The minimum Gasteiger partial charge on any atom is -0.0654 e. The highest BCUT2D eigenvalue weighted by atomic mass is 28.3. The zero-order valence-electron chi connectivity index (χ0n) is 16.1. The molecule has 0 amide bonds. The number of hydrogen-bond acceptors (Lipinski definition) is 0. The van der Waals surface area contributed by atoms with Gasteiger partial charge in [0.05, 0.1) is 8.80 Å². The normalized spacial score (nSPS) is 14.1. The summed E-state index contributed by atoms with van der Waals surface area (Å²) in [5.74, 6) is 1.90. The van der Waals surface area contributed by atoms with Crippen molar-refractivity contribution in [3.8, 4) is 0 Å². The van der Waals surface area contributed by atoms with Crippen LogP contribution in [0.2, 0.25) is 12.1 Å². The van der Waals surface area contributed by atoms with Gasteiger partial charge in [0, 0.05) is 0 Å². The average Bonchev–Trinajstić information content (AvgIpc) is 2.61. The van der Waals surface area contributed by atoms with E-state index in [1.54, 1.807) is 5.19 Å². The Morgan fingerprint density at radius 1 is 0.739 bits per heavy atom. The van der Waals surface area contributed by atoms with Crippen LogP contribution in [0.25, 0.3) is 0 Å². The van der Waals surface area contributed by atoms with E-state index in [0.29, 0.717) is 0 Å². The maximum Gasteiger partial charge on any atom is 0.0862 e. The lowest BCUT2D eigenvalue weighted by molar-refractivity contribution is 0.472. The molecular formula is C22H39Si. The summed E-state index contributed by atoms with van der Waals surface area (Å²) >= 11 is 0. The van der Waals surface area contributed by atoms with Gasteiger partial charge in [-0.3, -0.25) is 0 Å². The summed E-state index contributed by atoms with van der Waals surface area (Å²) in [5, 5.41) is 1.68. The zero-order valence-corrected chi connectivity index (χ0v) is 17.1. The van der Waals surface area contributed by atoms with Gasteiger partial charge in [-0.1, -0.05) is 127 Å². The monoisotopic (exact) mass is 331 g/mol. The fourth-order valence-corrected chi connectivity index (χ4v) is 7.26. The van der Waals surface area contributed by atoms with Crippen molar-refractivity contribution in [2.45, 2.75) is 91.1 Å². The molecule has 1 radical (unpaired) electrons. The van der Waals surface area contributed by atoms with Gasteiger partial charge < -0.3 is 0 Å². The Bertz CT molecular complexity index is 355. The molecule has 1 aromatic rings. The van der Waals surface area contributed by atoms with Gasteiger partial charge in [0.15, 0.2) is 0 Å². The molecule has 1 heteroatoms. The van der Waals surface area contributed by atoms with Crippen LogP contribution < -0.4 is 5.19 Å². The second-order valence-electron chi connectivity index (χ2n) is 7.21. The lowest BCUT2D eigenvalue weighted by Gasteiger charge is -2.25. The van der Waals surface area contributed by atoms with Crippen molar-refractivity contribution in [3.63, 3.8) is 0 Å². The molecule has 0 aromatic heterocycles. The molecule has 0 fully saturated rings. The molecule has 0 saturated carbocycles. The Balaban J connectivity index is 2.76. The van der Waals surface area contributed by atoms with Crippen LogP contribution in [0.5, 0.6) is 0 Å². The van der Waals surface area contributed by atoms with Crippen molar-refractivity contribution in [2.24, 2.45) is 11.8 Å². The molecular weight excluding hydrogens is 292 g/mol. The SMILES string of the molecule is CCCCC(CC)C[Si](CC(CC)CCCC)c1ccccc1. The Labute approximate surface area is 147 Å². The summed E-state index contributed by atoms with van der Waals surface area (Å²) in [5.41, 5.74) is 0. The highest BCUT2D eigenvalue weighted by molar-refractivity contribution is 6.73. The fraction of sp³-hybridized carbons (Fsp3) is 0.727. The topological polar surface area (TPSA) is 0 Å². The van der Waals surface area contributed by atoms with E-state index in [9.17, 15) is 0 Å². The van der Waals surface area contributed by atoms with Gasteiger partial charge in [0.2, 0.25) is 0 Å². The summed E-state index contributed by atoms with van der Waals surface area (Å²) in [6.07, 6.45) is 11.1. The van der Waals surface area contributed by atoms with Gasteiger partial charge in [-0.2, -0.15) is 0 Å². The van der Waals surface area contributed by atoms with Gasteiger partial charge in [-0.05, 0) is 11.8 Å². The van der Waals surface area contributed by atoms with E-state index in [1.165, 1.54) is 63.5 Å². The molecule has 0 N–H and O–H groups in total. The Morgan fingerprint density at radius 3 is 1.61 bits per heavy atom. The highest BCUT2D eigenvalue weighted by Crippen LogP contribution is 2.26. The quantitative estimate of drug-likeness (QED) is 0.348. The Kier molecular flexibility index (Phi) is 11.4. The molecule has 0 heterocycles. The summed E-state index contributed by atoms with van der Waals surface area (Å²) < 4.78 is 0. The van der Waals surface area contributed by atoms with Crippen LogP contribution >= 0.6 is 0 Å². The van der Waals surface area contributed by atoms with Crippen molar-refractivity contribution in [1.82, 2.24) is 0 Å². The van der Waals surface area contributed by atoms with Crippen LogP contribution in [0.4, 0.5) is 0 Å². The van der Waals surface area contributed by atoms with Crippen LogP contribution in [0, 0.1) is 11.8 Å². The summed E-state index contributed by atoms with van der Waals surface area (Å²) in [4.78, 5) is 0. The van der Waals surface area contributed by atoms with Crippen molar-refractivity contribution < 1.29 is 0 Å². The van der Waals surface area contributed by atoms with Gasteiger partial charge >= 0.3 is 0 Å². The Hall–Kier alpha value is -0.563. The molecule has 2 unspecified atom stereocenters. The predicted octanol–water partition coefficient (Wildman–Crippen LogP) is 6.82. The molecule has 0 aliphatic rings. The molecule has 1 rings (SSSR count). The third-order valence-corrected chi connectivity index (χ3v) is 8.63.